The standard InChI is InChI=1S/C16H24N2O2/c1-12-7-8-14(13(2)18-12)15(19)17-11-16(20)9-5-3-4-6-10-16/h7-8,20H,3-6,9-11H2,1-2H3,(H,17,19). The van der Waals surface area contributed by atoms with Crippen molar-refractivity contribution in [2.24, 2.45) is 0 Å². The van der Waals surface area contributed by atoms with E-state index in [1.165, 1.54) is 12.8 Å². The van der Waals surface area contributed by atoms with E-state index in [9.17, 15) is 9.90 Å². The molecule has 1 heterocycles. The average Bonchev–Trinajstić information content (AvgIpc) is 2.61. The Morgan fingerprint density at radius 3 is 2.50 bits per heavy atom. The lowest BCUT2D eigenvalue weighted by molar-refractivity contribution is 0.0246. The Bertz CT molecular complexity index is 477. The minimum absolute atomic E-state index is 0.146. The Labute approximate surface area is 120 Å². The molecule has 0 unspecified atom stereocenters. The van der Waals surface area contributed by atoms with Crippen LogP contribution in [-0.2, 0) is 0 Å². The molecular formula is C16H24N2O2. The lowest BCUT2D eigenvalue weighted by atomic mass is 9.94. The summed E-state index contributed by atoms with van der Waals surface area (Å²) in [6, 6.07) is 3.63. The first-order chi connectivity index (χ1) is 9.50. The van der Waals surface area contributed by atoms with E-state index in [1.807, 2.05) is 19.9 Å². The second kappa shape index (κ2) is 6.35. The number of amides is 1. The maximum absolute atomic E-state index is 12.2. The molecule has 2 rings (SSSR count). The molecular weight excluding hydrogens is 252 g/mol. The van der Waals surface area contributed by atoms with Crippen molar-refractivity contribution in [1.29, 1.82) is 0 Å². The topological polar surface area (TPSA) is 62.2 Å². The van der Waals surface area contributed by atoms with Gasteiger partial charge in [0.25, 0.3) is 5.91 Å². The minimum atomic E-state index is -0.738. The normalized spacial score (nSPS) is 18.4. The van der Waals surface area contributed by atoms with Crippen LogP contribution in [0.4, 0.5) is 0 Å². The van der Waals surface area contributed by atoms with Crippen molar-refractivity contribution < 1.29 is 9.90 Å². The summed E-state index contributed by atoms with van der Waals surface area (Å²) in [6.45, 7) is 4.07. The van der Waals surface area contributed by atoms with Crippen LogP contribution in [0.15, 0.2) is 12.1 Å². The highest BCUT2D eigenvalue weighted by Gasteiger charge is 2.28. The molecule has 1 aromatic rings. The second-order valence-electron chi connectivity index (χ2n) is 5.91. The van der Waals surface area contributed by atoms with Gasteiger partial charge >= 0.3 is 0 Å². The molecule has 20 heavy (non-hydrogen) atoms. The molecule has 110 valence electrons. The monoisotopic (exact) mass is 276 g/mol. The Kier molecular flexibility index (Phi) is 4.76. The zero-order chi connectivity index (χ0) is 14.6. The number of nitrogens with one attached hydrogen (secondary N) is 1. The van der Waals surface area contributed by atoms with E-state index in [1.54, 1.807) is 6.07 Å². The molecule has 0 spiro atoms. The van der Waals surface area contributed by atoms with E-state index in [-0.39, 0.29) is 5.91 Å². The number of aryl methyl sites for hydroxylation is 2. The van der Waals surface area contributed by atoms with Crippen molar-refractivity contribution in [3.8, 4) is 0 Å². The second-order valence-corrected chi connectivity index (χ2v) is 5.91. The molecule has 1 aromatic heterocycles. The molecule has 0 saturated heterocycles. The number of carbonyl (C=O) groups is 1. The third-order valence-electron chi connectivity index (χ3n) is 4.08. The number of hydrogen-bond acceptors (Lipinski definition) is 3. The van der Waals surface area contributed by atoms with Gasteiger partial charge in [0.15, 0.2) is 0 Å². The van der Waals surface area contributed by atoms with E-state index in [0.717, 1.165) is 37.1 Å². The first-order valence-corrected chi connectivity index (χ1v) is 7.45. The van der Waals surface area contributed by atoms with Crippen LogP contribution in [0.5, 0.6) is 0 Å². The van der Waals surface area contributed by atoms with Crippen molar-refractivity contribution in [2.75, 3.05) is 6.54 Å². The molecule has 1 amide bonds. The van der Waals surface area contributed by atoms with Crippen LogP contribution in [0.3, 0.4) is 0 Å². The Morgan fingerprint density at radius 2 is 1.90 bits per heavy atom. The average molecular weight is 276 g/mol. The summed E-state index contributed by atoms with van der Waals surface area (Å²) < 4.78 is 0. The maximum Gasteiger partial charge on any atom is 0.253 e. The van der Waals surface area contributed by atoms with Crippen molar-refractivity contribution in [3.63, 3.8) is 0 Å². The lowest BCUT2D eigenvalue weighted by Crippen LogP contribution is -2.42. The summed E-state index contributed by atoms with van der Waals surface area (Å²) in [5, 5.41) is 13.4. The largest absolute Gasteiger partial charge is 0.388 e. The predicted molar refractivity (Wildman–Crippen MR) is 78.7 cm³/mol. The first-order valence-electron chi connectivity index (χ1n) is 7.45. The molecule has 1 fully saturated rings. The van der Waals surface area contributed by atoms with Crippen molar-refractivity contribution in [2.45, 2.75) is 58.0 Å². The van der Waals surface area contributed by atoms with Gasteiger partial charge in [-0.05, 0) is 38.8 Å². The summed E-state index contributed by atoms with van der Waals surface area (Å²) >= 11 is 0. The van der Waals surface area contributed by atoms with Gasteiger partial charge in [0, 0.05) is 12.2 Å². The van der Waals surface area contributed by atoms with Crippen LogP contribution >= 0.6 is 0 Å². The number of nitrogens with zero attached hydrogens (tertiary/aromatic N) is 1. The molecule has 0 radical (unpaired) electrons. The summed E-state index contributed by atoms with van der Waals surface area (Å²) in [5.41, 5.74) is 1.49. The van der Waals surface area contributed by atoms with Gasteiger partial charge in [-0.3, -0.25) is 9.78 Å². The zero-order valence-corrected chi connectivity index (χ0v) is 12.4. The van der Waals surface area contributed by atoms with Crippen molar-refractivity contribution >= 4 is 5.91 Å². The van der Waals surface area contributed by atoms with Gasteiger partial charge in [-0.15, -0.1) is 0 Å². The SMILES string of the molecule is Cc1ccc(C(=O)NCC2(O)CCCCCC2)c(C)n1. The van der Waals surface area contributed by atoms with Crippen LogP contribution in [0, 0.1) is 13.8 Å². The van der Waals surface area contributed by atoms with Gasteiger partial charge in [0.1, 0.15) is 0 Å². The highest BCUT2D eigenvalue weighted by molar-refractivity contribution is 5.95. The summed E-state index contributed by atoms with van der Waals surface area (Å²) in [5.74, 6) is -0.146. The van der Waals surface area contributed by atoms with Crippen LogP contribution < -0.4 is 5.32 Å². The summed E-state index contributed by atoms with van der Waals surface area (Å²) in [7, 11) is 0. The smallest absolute Gasteiger partial charge is 0.253 e. The van der Waals surface area contributed by atoms with Crippen LogP contribution in [0.25, 0.3) is 0 Å². The Balaban J connectivity index is 1.97. The fraction of sp³-hybridized carbons (Fsp3) is 0.625. The molecule has 4 heteroatoms. The highest BCUT2D eigenvalue weighted by atomic mass is 16.3. The molecule has 0 atom stereocenters. The fourth-order valence-corrected chi connectivity index (χ4v) is 2.83. The molecule has 1 aliphatic carbocycles. The Hall–Kier alpha value is -1.42. The van der Waals surface area contributed by atoms with Gasteiger partial charge in [0.05, 0.1) is 16.9 Å². The van der Waals surface area contributed by atoms with Crippen LogP contribution in [-0.4, -0.2) is 28.1 Å². The van der Waals surface area contributed by atoms with Crippen molar-refractivity contribution in [3.05, 3.63) is 29.1 Å². The van der Waals surface area contributed by atoms with Gasteiger partial charge in [-0.25, -0.2) is 0 Å². The molecule has 1 saturated carbocycles. The fourth-order valence-electron chi connectivity index (χ4n) is 2.83. The van der Waals surface area contributed by atoms with E-state index in [0.29, 0.717) is 12.1 Å². The third-order valence-corrected chi connectivity index (χ3v) is 4.08. The Morgan fingerprint density at radius 1 is 1.25 bits per heavy atom. The zero-order valence-electron chi connectivity index (χ0n) is 12.4. The highest BCUT2D eigenvalue weighted by Crippen LogP contribution is 2.26. The van der Waals surface area contributed by atoms with Gasteiger partial charge in [-0.2, -0.15) is 0 Å². The molecule has 4 nitrogen and oxygen atoms in total. The number of pyridine rings is 1. The minimum Gasteiger partial charge on any atom is -0.388 e. The number of aliphatic hydroxyl groups is 1. The predicted octanol–water partition coefficient (Wildman–Crippen LogP) is 2.51. The van der Waals surface area contributed by atoms with Crippen molar-refractivity contribution in [1.82, 2.24) is 10.3 Å². The van der Waals surface area contributed by atoms with Gasteiger partial charge in [-0.1, -0.05) is 25.7 Å². The molecule has 2 N–H and O–H groups in total. The summed E-state index contributed by atoms with van der Waals surface area (Å²) in [4.78, 5) is 16.5. The molecule has 0 aliphatic heterocycles. The first kappa shape index (κ1) is 15.0. The van der Waals surface area contributed by atoms with E-state index in [2.05, 4.69) is 10.3 Å². The quantitative estimate of drug-likeness (QED) is 0.834. The number of aromatic nitrogens is 1. The number of carbonyl (C=O) groups excluding carboxylic acids is 1. The van der Waals surface area contributed by atoms with E-state index < -0.39 is 5.60 Å². The van der Waals surface area contributed by atoms with Gasteiger partial charge < -0.3 is 10.4 Å². The number of hydrogen-bond donors (Lipinski definition) is 2. The van der Waals surface area contributed by atoms with E-state index in [4.69, 9.17) is 0 Å². The summed E-state index contributed by atoms with van der Waals surface area (Å²) in [6.07, 6.45) is 5.99. The molecule has 0 bridgehead atoms. The van der Waals surface area contributed by atoms with E-state index >= 15 is 0 Å². The molecule has 0 aromatic carbocycles. The van der Waals surface area contributed by atoms with Crippen LogP contribution in [0.2, 0.25) is 0 Å². The maximum atomic E-state index is 12.2. The molecule has 1 aliphatic rings. The van der Waals surface area contributed by atoms with Gasteiger partial charge in [0.2, 0.25) is 0 Å². The number of rotatable bonds is 3. The third kappa shape index (κ3) is 3.79. The lowest BCUT2D eigenvalue weighted by Gasteiger charge is -2.26. The van der Waals surface area contributed by atoms with Crippen LogP contribution in [0.1, 0.15) is 60.3 Å².